The number of hydrogen-bond donors (Lipinski definition) is 1. The quantitative estimate of drug-likeness (QED) is 0.308. The zero-order valence-corrected chi connectivity index (χ0v) is 10.1. The average molecular weight is 307 g/mol. The number of hydrogen-bond acceptors (Lipinski definition) is 4. The normalized spacial score (nSPS) is 10.7. The molecule has 0 saturated heterocycles. The van der Waals surface area contributed by atoms with Gasteiger partial charge in [0.2, 0.25) is 34.8 Å². The highest BCUT2D eigenvalue weighted by Crippen LogP contribution is 2.29. The third-order valence-electron chi connectivity index (χ3n) is 2.44. The summed E-state index contributed by atoms with van der Waals surface area (Å²) in [6.45, 7) is 0. The highest BCUT2D eigenvalue weighted by Gasteiger charge is 2.28. The van der Waals surface area contributed by atoms with Gasteiger partial charge in [-0.05, 0) is 0 Å². The molecule has 0 saturated carbocycles. The van der Waals surface area contributed by atoms with Crippen LogP contribution in [-0.2, 0) is 11.2 Å². The minimum Gasteiger partial charge on any atom is -0.420 e. The summed E-state index contributed by atoms with van der Waals surface area (Å²) in [5.74, 6) is -13.9. The summed E-state index contributed by atoms with van der Waals surface area (Å²) in [5.41, 5.74) is 0.365. The fraction of sp³-hybridized carbons (Fsp3) is 0.182. The van der Waals surface area contributed by atoms with Crippen molar-refractivity contribution in [3.8, 4) is 5.75 Å². The number of halogens is 5. The number of carbonyl (C=O) groups is 1. The maximum Gasteiger partial charge on any atom is 0.311 e. The summed E-state index contributed by atoms with van der Waals surface area (Å²) in [7, 11) is 0. The summed E-state index contributed by atoms with van der Waals surface area (Å²) in [5, 5.41) is 9.33. The number of nitrogens with zero attached hydrogens (tertiary/aromatic N) is 2. The molecule has 1 heterocycles. The van der Waals surface area contributed by atoms with Gasteiger partial charge in [-0.15, -0.1) is 0 Å². The zero-order valence-electron chi connectivity index (χ0n) is 10.1. The van der Waals surface area contributed by atoms with Crippen LogP contribution in [0.2, 0.25) is 0 Å². The Morgan fingerprint density at radius 3 is 2.14 bits per heavy atom. The Kier molecular flexibility index (Phi) is 4.15. The van der Waals surface area contributed by atoms with E-state index >= 15 is 0 Å². The van der Waals surface area contributed by atoms with Gasteiger partial charge in [-0.25, -0.2) is 13.2 Å². The largest absolute Gasteiger partial charge is 0.420 e. The van der Waals surface area contributed by atoms with Gasteiger partial charge in [0.15, 0.2) is 0 Å². The van der Waals surface area contributed by atoms with Crippen LogP contribution in [0.15, 0.2) is 6.20 Å². The lowest BCUT2D eigenvalue weighted by molar-refractivity contribution is -0.134. The molecule has 0 atom stereocenters. The number of ether oxygens (including phenoxy) is 1. The van der Waals surface area contributed by atoms with E-state index in [9.17, 15) is 26.7 Å². The molecule has 0 radical (unpaired) electrons. The number of H-pyrrole nitrogens is 1. The minimum atomic E-state index is -2.33. The molecule has 0 fully saturated rings. The Balaban J connectivity index is 2.14. The van der Waals surface area contributed by atoms with Gasteiger partial charge in [0.1, 0.15) is 0 Å². The van der Waals surface area contributed by atoms with Crippen molar-refractivity contribution in [3.63, 3.8) is 0 Å². The third kappa shape index (κ3) is 2.98. The predicted octanol–water partition coefficient (Wildman–Crippen LogP) is 2.04. The molecule has 1 aromatic heterocycles. The maximum atomic E-state index is 13.3. The van der Waals surface area contributed by atoms with Crippen molar-refractivity contribution in [3.05, 3.63) is 41.0 Å². The van der Waals surface area contributed by atoms with Crippen LogP contribution in [0.3, 0.4) is 0 Å². The molecule has 2 rings (SSSR count). The van der Waals surface area contributed by atoms with E-state index in [1.165, 1.54) is 6.20 Å². The molecule has 0 bridgehead atoms. The summed E-state index contributed by atoms with van der Waals surface area (Å²) in [6.07, 6.45) is 0.933. The van der Waals surface area contributed by atoms with Gasteiger partial charge in [-0.2, -0.15) is 24.2 Å². The van der Waals surface area contributed by atoms with Gasteiger partial charge in [0.25, 0.3) is 0 Å². The monoisotopic (exact) mass is 307 g/mol. The van der Waals surface area contributed by atoms with E-state index in [-0.39, 0.29) is 12.8 Å². The first kappa shape index (κ1) is 14.9. The molecule has 0 amide bonds. The predicted molar refractivity (Wildman–Crippen MR) is 56.6 cm³/mol. The van der Waals surface area contributed by atoms with Crippen molar-refractivity contribution in [1.29, 1.82) is 0 Å². The number of esters is 1. The Morgan fingerprint density at radius 2 is 1.62 bits per heavy atom. The van der Waals surface area contributed by atoms with Gasteiger partial charge in [0, 0.05) is 6.42 Å². The molecule has 0 aliphatic heterocycles. The lowest BCUT2D eigenvalue weighted by Gasteiger charge is -2.08. The van der Waals surface area contributed by atoms with Crippen LogP contribution in [0, 0.1) is 29.1 Å². The molecule has 1 aromatic carbocycles. The number of benzene rings is 1. The molecule has 21 heavy (non-hydrogen) atoms. The van der Waals surface area contributed by atoms with Crippen molar-refractivity contribution in [2.24, 2.45) is 0 Å². The second kappa shape index (κ2) is 5.85. The Hall–Kier alpha value is -2.52. The number of aryl methyl sites for hydroxylation is 1. The van der Waals surface area contributed by atoms with Gasteiger partial charge in [0.05, 0.1) is 18.3 Å². The number of rotatable bonds is 4. The molecule has 10 heteroatoms. The van der Waals surface area contributed by atoms with Crippen molar-refractivity contribution in [2.45, 2.75) is 12.8 Å². The number of nitrogens with one attached hydrogen (secondary N) is 1. The van der Waals surface area contributed by atoms with Gasteiger partial charge in [-0.1, -0.05) is 0 Å². The fourth-order valence-corrected chi connectivity index (χ4v) is 1.42. The van der Waals surface area contributed by atoms with Crippen LogP contribution >= 0.6 is 0 Å². The molecule has 0 unspecified atom stereocenters. The average Bonchev–Trinajstić information content (AvgIpc) is 2.99. The van der Waals surface area contributed by atoms with E-state index < -0.39 is 40.8 Å². The van der Waals surface area contributed by atoms with Crippen LogP contribution in [0.25, 0.3) is 0 Å². The lowest BCUT2D eigenvalue weighted by atomic mass is 10.2. The molecular formula is C11H6F5N3O2. The van der Waals surface area contributed by atoms with Crippen LogP contribution in [0.5, 0.6) is 5.75 Å². The maximum absolute atomic E-state index is 13.3. The second-order valence-corrected chi connectivity index (χ2v) is 3.83. The zero-order chi connectivity index (χ0) is 15.6. The van der Waals surface area contributed by atoms with E-state index in [2.05, 4.69) is 20.1 Å². The van der Waals surface area contributed by atoms with E-state index in [1.807, 2.05) is 0 Å². The van der Waals surface area contributed by atoms with Crippen LogP contribution < -0.4 is 4.74 Å². The molecular weight excluding hydrogens is 301 g/mol. The van der Waals surface area contributed by atoms with E-state index in [4.69, 9.17) is 0 Å². The molecule has 0 aliphatic rings. The Bertz CT molecular complexity index is 646. The van der Waals surface area contributed by atoms with E-state index in [0.717, 1.165) is 0 Å². The molecule has 112 valence electrons. The first-order chi connectivity index (χ1) is 9.91. The van der Waals surface area contributed by atoms with Crippen molar-refractivity contribution >= 4 is 5.97 Å². The van der Waals surface area contributed by atoms with Gasteiger partial charge in [-0.3, -0.25) is 4.79 Å². The van der Waals surface area contributed by atoms with Crippen LogP contribution in [-0.4, -0.2) is 21.4 Å². The smallest absolute Gasteiger partial charge is 0.311 e. The van der Waals surface area contributed by atoms with E-state index in [1.54, 1.807) is 0 Å². The Morgan fingerprint density at radius 1 is 1.05 bits per heavy atom. The number of aromatic nitrogens is 3. The van der Waals surface area contributed by atoms with Gasteiger partial charge < -0.3 is 4.74 Å². The van der Waals surface area contributed by atoms with Crippen molar-refractivity contribution in [2.75, 3.05) is 0 Å². The summed E-state index contributed by atoms with van der Waals surface area (Å²) in [4.78, 5) is 11.4. The molecule has 1 N–H and O–H groups in total. The minimum absolute atomic E-state index is 0.0186. The molecule has 5 nitrogen and oxygen atoms in total. The highest BCUT2D eigenvalue weighted by molar-refractivity contribution is 5.72. The SMILES string of the molecule is O=C(CCc1cn[nH]n1)Oc1c(F)c(F)c(F)c(F)c1F. The number of carbonyl (C=O) groups excluding carboxylic acids is 1. The standard InChI is InChI=1S/C11H6F5N3O2/c12-6-7(13)9(15)11(10(16)8(6)14)21-5(20)2-1-4-3-17-19-18-4/h3H,1-2H2,(H,17,18,19). The van der Waals surface area contributed by atoms with Gasteiger partial charge >= 0.3 is 5.97 Å². The number of aromatic amines is 1. The molecule has 0 aliphatic carbocycles. The lowest BCUT2D eigenvalue weighted by Crippen LogP contribution is -2.14. The van der Waals surface area contributed by atoms with Crippen molar-refractivity contribution < 1.29 is 31.5 Å². The first-order valence-corrected chi connectivity index (χ1v) is 5.48. The summed E-state index contributed by atoms with van der Waals surface area (Å²) in [6, 6.07) is 0. The highest BCUT2D eigenvalue weighted by atomic mass is 19.2. The fourth-order valence-electron chi connectivity index (χ4n) is 1.42. The second-order valence-electron chi connectivity index (χ2n) is 3.83. The van der Waals surface area contributed by atoms with Crippen LogP contribution in [0.4, 0.5) is 22.0 Å². The van der Waals surface area contributed by atoms with Crippen LogP contribution in [0.1, 0.15) is 12.1 Å². The van der Waals surface area contributed by atoms with Crippen molar-refractivity contribution in [1.82, 2.24) is 15.4 Å². The summed E-state index contributed by atoms with van der Waals surface area (Å²) >= 11 is 0. The molecule has 2 aromatic rings. The van der Waals surface area contributed by atoms with E-state index in [0.29, 0.717) is 5.69 Å². The topological polar surface area (TPSA) is 67.9 Å². The third-order valence-corrected chi connectivity index (χ3v) is 2.44. The summed E-state index contributed by atoms with van der Waals surface area (Å²) < 4.78 is 69.3. The Labute approximate surface area is 113 Å². The molecule has 0 spiro atoms. The first-order valence-electron chi connectivity index (χ1n) is 5.48.